The monoisotopic (exact) mass is 287 g/mol. The fourth-order valence-electron chi connectivity index (χ4n) is 3.27. The van der Waals surface area contributed by atoms with Gasteiger partial charge < -0.3 is 15.5 Å². The van der Waals surface area contributed by atoms with Crippen molar-refractivity contribution in [2.24, 2.45) is 0 Å². The Balaban J connectivity index is 1.34. The number of carbonyl (C=O) groups is 1. The molecule has 0 aliphatic carbocycles. The summed E-state index contributed by atoms with van der Waals surface area (Å²) in [6, 6.07) is 11.6. The molecule has 0 radical (unpaired) electrons. The van der Waals surface area contributed by atoms with Gasteiger partial charge in [-0.15, -0.1) is 0 Å². The van der Waals surface area contributed by atoms with E-state index in [9.17, 15) is 4.79 Å². The minimum absolute atomic E-state index is 0.206. The molecule has 1 aromatic carbocycles. The number of rotatable bonds is 6. The normalized spacial score (nSPS) is 26.2. The van der Waals surface area contributed by atoms with Gasteiger partial charge in [0, 0.05) is 38.1 Å². The largest absolute Gasteiger partial charge is 0.352 e. The fourth-order valence-corrected chi connectivity index (χ4v) is 3.27. The highest BCUT2D eigenvalue weighted by Gasteiger charge is 2.25. The molecule has 0 aromatic heterocycles. The lowest BCUT2D eigenvalue weighted by molar-refractivity contribution is -0.119. The maximum absolute atomic E-state index is 11.2. The lowest BCUT2D eigenvalue weighted by Gasteiger charge is -2.18. The molecular formula is C17H25N3O. The average Bonchev–Trinajstić information content (AvgIpc) is 3.13. The van der Waals surface area contributed by atoms with Gasteiger partial charge in [-0.25, -0.2) is 0 Å². The van der Waals surface area contributed by atoms with Crippen LogP contribution in [0.25, 0.3) is 0 Å². The van der Waals surface area contributed by atoms with Gasteiger partial charge in [0.1, 0.15) is 0 Å². The summed E-state index contributed by atoms with van der Waals surface area (Å²) in [6.07, 6.45) is 4.03. The quantitative estimate of drug-likeness (QED) is 0.825. The third-order valence-electron chi connectivity index (χ3n) is 4.57. The van der Waals surface area contributed by atoms with E-state index in [2.05, 4.69) is 45.9 Å². The summed E-state index contributed by atoms with van der Waals surface area (Å²) in [4.78, 5) is 13.7. The topological polar surface area (TPSA) is 44.4 Å². The second-order valence-electron chi connectivity index (χ2n) is 6.23. The van der Waals surface area contributed by atoms with E-state index in [1.807, 2.05) is 0 Å². The summed E-state index contributed by atoms with van der Waals surface area (Å²) in [5, 5.41) is 6.64. The molecule has 4 nitrogen and oxygen atoms in total. The maximum atomic E-state index is 11.2. The van der Waals surface area contributed by atoms with Crippen molar-refractivity contribution < 1.29 is 4.79 Å². The molecule has 2 heterocycles. The van der Waals surface area contributed by atoms with E-state index in [1.54, 1.807) is 0 Å². The van der Waals surface area contributed by atoms with Crippen LogP contribution in [0.3, 0.4) is 0 Å². The summed E-state index contributed by atoms with van der Waals surface area (Å²) < 4.78 is 0. The van der Waals surface area contributed by atoms with Gasteiger partial charge in [-0.2, -0.15) is 0 Å². The average molecular weight is 287 g/mol. The van der Waals surface area contributed by atoms with Gasteiger partial charge in [-0.1, -0.05) is 30.3 Å². The lowest BCUT2D eigenvalue weighted by Crippen LogP contribution is -2.41. The van der Waals surface area contributed by atoms with Crippen molar-refractivity contribution in [1.29, 1.82) is 0 Å². The molecular weight excluding hydrogens is 262 g/mol. The number of hydrogen-bond donors (Lipinski definition) is 2. The summed E-state index contributed by atoms with van der Waals surface area (Å²) in [5.41, 5.74) is 1.42. The van der Waals surface area contributed by atoms with Crippen molar-refractivity contribution in [3.8, 4) is 0 Å². The van der Waals surface area contributed by atoms with Gasteiger partial charge in [0.25, 0.3) is 0 Å². The van der Waals surface area contributed by atoms with Crippen LogP contribution in [0.5, 0.6) is 0 Å². The van der Waals surface area contributed by atoms with Gasteiger partial charge in [0.15, 0.2) is 0 Å². The molecule has 2 N–H and O–H groups in total. The Bertz CT molecular complexity index is 462. The van der Waals surface area contributed by atoms with Crippen LogP contribution in [-0.2, 0) is 11.2 Å². The number of hydrogen-bond acceptors (Lipinski definition) is 3. The summed E-state index contributed by atoms with van der Waals surface area (Å²) in [6.45, 7) is 4.38. The highest BCUT2D eigenvalue weighted by Crippen LogP contribution is 2.12. The molecule has 2 atom stereocenters. The van der Waals surface area contributed by atoms with Gasteiger partial charge in [-0.3, -0.25) is 4.79 Å². The summed E-state index contributed by atoms with van der Waals surface area (Å²) in [7, 11) is 0. The zero-order valence-electron chi connectivity index (χ0n) is 12.6. The number of likely N-dealkylation sites (tertiary alicyclic amines) is 1. The van der Waals surface area contributed by atoms with Crippen LogP contribution in [-0.4, -0.2) is 49.1 Å². The Hall–Kier alpha value is -1.39. The van der Waals surface area contributed by atoms with Crippen LogP contribution in [0.2, 0.25) is 0 Å². The van der Waals surface area contributed by atoms with E-state index in [-0.39, 0.29) is 5.91 Å². The van der Waals surface area contributed by atoms with E-state index < -0.39 is 0 Å². The predicted octanol–water partition coefficient (Wildman–Crippen LogP) is 1.17. The van der Waals surface area contributed by atoms with Crippen LogP contribution in [0, 0.1) is 0 Å². The Morgan fingerprint density at radius 2 is 2.10 bits per heavy atom. The van der Waals surface area contributed by atoms with Crippen LogP contribution in [0.15, 0.2) is 30.3 Å². The Kier molecular flexibility index (Phi) is 4.88. The lowest BCUT2D eigenvalue weighted by atomic mass is 10.1. The van der Waals surface area contributed by atoms with Gasteiger partial charge in [0.2, 0.25) is 5.91 Å². The van der Waals surface area contributed by atoms with E-state index in [0.717, 1.165) is 32.5 Å². The van der Waals surface area contributed by atoms with Crippen molar-refractivity contribution in [2.75, 3.05) is 26.2 Å². The van der Waals surface area contributed by atoms with E-state index in [4.69, 9.17) is 0 Å². The zero-order chi connectivity index (χ0) is 14.5. The molecule has 0 bridgehead atoms. The molecule has 1 aromatic rings. The molecule has 0 saturated carbocycles. The zero-order valence-corrected chi connectivity index (χ0v) is 12.6. The Labute approximate surface area is 126 Å². The van der Waals surface area contributed by atoms with Gasteiger partial charge in [-0.05, 0) is 31.4 Å². The second kappa shape index (κ2) is 7.05. The summed E-state index contributed by atoms with van der Waals surface area (Å²) >= 11 is 0. The number of carbonyl (C=O) groups excluding carboxylic acids is 1. The molecule has 2 saturated heterocycles. The van der Waals surface area contributed by atoms with E-state index in [1.165, 1.54) is 18.5 Å². The Morgan fingerprint density at radius 3 is 2.86 bits per heavy atom. The van der Waals surface area contributed by atoms with E-state index in [0.29, 0.717) is 18.5 Å². The first-order chi connectivity index (χ1) is 10.3. The smallest absolute Gasteiger partial charge is 0.220 e. The molecule has 21 heavy (non-hydrogen) atoms. The van der Waals surface area contributed by atoms with Crippen molar-refractivity contribution in [3.63, 3.8) is 0 Å². The molecule has 2 unspecified atom stereocenters. The molecule has 4 heteroatoms. The molecule has 114 valence electrons. The first-order valence-electron chi connectivity index (χ1n) is 8.08. The number of nitrogens with zero attached hydrogens (tertiary/aromatic N) is 1. The van der Waals surface area contributed by atoms with E-state index >= 15 is 0 Å². The number of nitrogens with one attached hydrogen (secondary N) is 2. The molecule has 2 fully saturated rings. The van der Waals surface area contributed by atoms with Gasteiger partial charge >= 0.3 is 0 Å². The first kappa shape index (κ1) is 14.5. The SMILES string of the molecule is O=C1CCC(CNC2CCN(CCc3ccccc3)C2)N1. The van der Waals surface area contributed by atoms with Crippen LogP contribution in [0.4, 0.5) is 0 Å². The van der Waals surface area contributed by atoms with Crippen molar-refractivity contribution in [1.82, 2.24) is 15.5 Å². The highest BCUT2D eigenvalue weighted by atomic mass is 16.1. The van der Waals surface area contributed by atoms with Crippen LogP contribution < -0.4 is 10.6 Å². The van der Waals surface area contributed by atoms with Crippen LogP contribution in [0.1, 0.15) is 24.8 Å². The first-order valence-corrected chi connectivity index (χ1v) is 8.08. The number of amides is 1. The Morgan fingerprint density at radius 1 is 1.24 bits per heavy atom. The molecule has 2 aliphatic heterocycles. The molecule has 0 spiro atoms. The van der Waals surface area contributed by atoms with Crippen molar-refractivity contribution in [2.45, 2.75) is 37.8 Å². The second-order valence-corrected chi connectivity index (χ2v) is 6.23. The molecule has 3 rings (SSSR count). The number of benzene rings is 1. The highest BCUT2D eigenvalue weighted by molar-refractivity contribution is 5.78. The van der Waals surface area contributed by atoms with Gasteiger partial charge in [0.05, 0.1) is 0 Å². The van der Waals surface area contributed by atoms with Crippen molar-refractivity contribution >= 4 is 5.91 Å². The standard InChI is InChI=1S/C17H25N3O/c21-17-7-6-15(19-17)12-18-16-9-11-20(13-16)10-8-14-4-2-1-3-5-14/h1-5,15-16,18H,6-13H2,(H,19,21). The third kappa shape index (κ3) is 4.29. The molecule has 1 amide bonds. The third-order valence-corrected chi connectivity index (χ3v) is 4.57. The maximum Gasteiger partial charge on any atom is 0.220 e. The minimum atomic E-state index is 0.206. The van der Waals surface area contributed by atoms with Crippen molar-refractivity contribution in [3.05, 3.63) is 35.9 Å². The predicted molar refractivity (Wildman–Crippen MR) is 84.2 cm³/mol. The van der Waals surface area contributed by atoms with Crippen LogP contribution >= 0.6 is 0 Å². The minimum Gasteiger partial charge on any atom is -0.352 e. The summed E-state index contributed by atoms with van der Waals surface area (Å²) in [5.74, 6) is 0.206. The molecule has 2 aliphatic rings. The fraction of sp³-hybridized carbons (Fsp3) is 0.588.